The number of hydrogen-bond acceptors (Lipinski definition) is 2. The smallest absolute Gasteiger partial charge is 0.253 e. The lowest BCUT2D eigenvalue weighted by molar-refractivity contribution is -0.134. The Hall–Kier alpha value is -1.84. The summed E-state index contributed by atoms with van der Waals surface area (Å²) < 4.78 is 0. The van der Waals surface area contributed by atoms with E-state index in [2.05, 4.69) is 11.8 Å². The Morgan fingerprint density at radius 2 is 1.69 bits per heavy atom. The second kappa shape index (κ2) is 11.4. The van der Waals surface area contributed by atoms with Crippen molar-refractivity contribution in [1.29, 1.82) is 0 Å². The number of rotatable bonds is 8. The minimum Gasteiger partial charge on any atom is -0.340 e. The molecule has 1 saturated carbocycles. The number of carbonyl (C=O) groups excluding carboxylic acids is 2. The van der Waals surface area contributed by atoms with Gasteiger partial charge in [-0.1, -0.05) is 57.2 Å². The standard InChI is InChI=1S/C25H38N2O2/c1-2-18-27(24(28)15-9-12-21-10-5-3-6-11-21)23-16-19-26(20-17-23)25(29)22-13-7-4-8-14-22/h4,7-8,13-14,21,23H,2-3,5-6,9-12,15-20H2,1H3. The summed E-state index contributed by atoms with van der Waals surface area (Å²) in [5, 5.41) is 0. The molecule has 1 saturated heterocycles. The Balaban J connectivity index is 1.46. The largest absolute Gasteiger partial charge is 0.340 e. The summed E-state index contributed by atoms with van der Waals surface area (Å²) in [6.07, 6.45) is 12.6. The van der Waals surface area contributed by atoms with Gasteiger partial charge in [0.05, 0.1) is 0 Å². The Labute approximate surface area is 176 Å². The molecule has 0 atom stereocenters. The maximum atomic E-state index is 13.0. The molecule has 160 valence electrons. The van der Waals surface area contributed by atoms with Crippen LogP contribution in [-0.2, 0) is 4.79 Å². The van der Waals surface area contributed by atoms with E-state index >= 15 is 0 Å². The van der Waals surface area contributed by atoms with Gasteiger partial charge in [-0.05, 0) is 50.2 Å². The van der Waals surface area contributed by atoms with E-state index in [9.17, 15) is 9.59 Å². The highest BCUT2D eigenvalue weighted by molar-refractivity contribution is 5.94. The predicted octanol–water partition coefficient (Wildman–Crippen LogP) is 5.28. The SMILES string of the molecule is CCCN(C(=O)CCCC1CCCCC1)C1CCN(C(=O)c2ccccc2)CC1. The van der Waals surface area contributed by atoms with Crippen molar-refractivity contribution in [2.45, 2.75) is 83.6 Å². The van der Waals surface area contributed by atoms with Gasteiger partial charge in [0.15, 0.2) is 0 Å². The Morgan fingerprint density at radius 3 is 2.34 bits per heavy atom. The van der Waals surface area contributed by atoms with Crippen LogP contribution in [0.5, 0.6) is 0 Å². The van der Waals surface area contributed by atoms with Gasteiger partial charge in [-0.25, -0.2) is 0 Å². The van der Waals surface area contributed by atoms with E-state index in [1.807, 2.05) is 35.2 Å². The summed E-state index contributed by atoms with van der Waals surface area (Å²) in [4.78, 5) is 29.7. The molecule has 29 heavy (non-hydrogen) atoms. The van der Waals surface area contributed by atoms with Crippen LogP contribution in [0.3, 0.4) is 0 Å². The molecular weight excluding hydrogens is 360 g/mol. The lowest BCUT2D eigenvalue weighted by Gasteiger charge is -2.38. The number of carbonyl (C=O) groups is 2. The number of amides is 2. The van der Waals surface area contributed by atoms with Gasteiger partial charge in [-0.15, -0.1) is 0 Å². The molecule has 2 fully saturated rings. The van der Waals surface area contributed by atoms with Crippen LogP contribution in [0.1, 0.15) is 87.9 Å². The summed E-state index contributed by atoms with van der Waals surface area (Å²) in [5.41, 5.74) is 0.759. The van der Waals surface area contributed by atoms with Crippen LogP contribution in [0.25, 0.3) is 0 Å². The lowest BCUT2D eigenvalue weighted by Crippen LogP contribution is -2.49. The number of piperidine rings is 1. The molecule has 1 aromatic carbocycles. The molecule has 0 aromatic heterocycles. The van der Waals surface area contributed by atoms with Crippen molar-refractivity contribution >= 4 is 11.8 Å². The van der Waals surface area contributed by atoms with Gasteiger partial charge in [0.25, 0.3) is 5.91 Å². The molecule has 1 aliphatic carbocycles. The van der Waals surface area contributed by atoms with Crippen LogP contribution in [-0.4, -0.2) is 47.3 Å². The van der Waals surface area contributed by atoms with Gasteiger partial charge in [0.1, 0.15) is 0 Å². The predicted molar refractivity (Wildman–Crippen MR) is 118 cm³/mol. The van der Waals surface area contributed by atoms with Crippen LogP contribution < -0.4 is 0 Å². The number of benzene rings is 1. The molecule has 0 bridgehead atoms. The molecule has 1 heterocycles. The highest BCUT2D eigenvalue weighted by Crippen LogP contribution is 2.28. The monoisotopic (exact) mass is 398 g/mol. The molecule has 0 N–H and O–H groups in total. The molecule has 1 aromatic rings. The molecule has 2 aliphatic rings. The Kier molecular flexibility index (Phi) is 8.57. The lowest BCUT2D eigenvalue weighted by atomic mass is 9.86. The first-order chi connectivity index (χ1) is 14.2. The van der Waals surface area contributed by atoms with Crippen molar-refractivity contribution in [1.82, 2.24) is 9.80 Å². The van der Waals surface area contributed by atoms with E-state index in [0.717, 1.165) is 56.8 Å². The maximum absolute atomic E-state index is 13.0. The first kappa shape index (κ1) is 21.9. The second-order valence-electron chi connectivity index (χ2n) is 8.87. The zero-order valence-electron chi connectivity index (χ0n) is 18.2. The third-order valence-electron chi connectivity index (χ3n) is 6.73. The average molecular weight is 399 g/mol. The summed E-state index contributed by atoms with van der Waals surface area (Å²) in [7, 11) is 0. The fourth-order valence-electron chi connectivity index (χ4n) is 5.06. The molecule has 2 amide bonds. The average Bonchev–Trinajstić information content (AvgIpc) is 2.78. The third kappa shape index (κ3) is 6.32. The van der Waals surface area contributed by atoms with Crippen molar-refractivity contribution in [2.24, 2.45) is 5.92 Å². The summed E-state index contributed by atoms with van der Waals surface area (Å²) in [5.74, 6) is 1.30. The van der Waals surface area contributed by atoms with E-state index < -0.39 is 0 Å². The number of hydrogen-bond donors (Lipinski definition) is 0. The number of likely N-dealkylation sites (tertiary alicyclic amines) is 1. The van der Waals surface area contributed by atoms with E-state index in [1.54, 1.807) is 0 Å². The quantitative estimate of drug-likeness (QED) is 0.598. The van der Waals surface area contributed by atoms with Crippen molar-refractivity contribution in [3.8, 4) is 0 Å². The highest BCUT2D eigenvalue weighted by Gasteiger charge is 2.29. The van der Waals surface area contributed by atoms with Gasteiger partial charge < -0.3 is 9.80 Å². The van der Waals surface area contributed by atoms with Gasteiger partial charge in [-0.2, -0.15) is 0 Å². The third-order valence-corrected chi connectivity index (χ3v) is 6.73. The highest BCUT2D eigenvalue weighted by atomic mass is 16.2. The summed E-state index contributed by atoms with van der Waals surface area (Å²) in [6, 6.07) is 9.81. The van der Waals surface area contributed by atoms with Gasteiger partial charge in [0, 0.05) is 37.7 Å². The van der Waals surface area contributed by atoms with Gasteiger partial charge in [-0.3, -0.25) is 9.59 Å². The normalized spacial score (nSPS) is 18.6. The minimum absolute atomic E-state index is 0.116. The van der Waals surface area contributed by atoms with Crippen molar-refractivity contribution < 1.29 is 9.59 Å². The van der Waals surface area contributed by atoms with Crippen LogP contribution in [0.15, 0.2) is 30.3 Å². The Morgan fingerprint density at radius 1 is 1.00 bits per heavy atom. The van der Waals surface area contributed by atoms with Gasteiger partial charge in [0.2, 0.25) is 5.91 Å². The van der Waals surface area contributed by atoms with E-state index in [-0.39, 0.29) is 11.9 Å². The summed E-state index contributed by atoms with van der Waals surface area (Å²) in [6.45, 7) is 4.48. The number of nitrogens with zero attached hydrogens (tertiary/aromatic N) is 2. The van der Waals surface area contributed by atoms with Crippen LogP contribution in [0, 0.1) is 5.92 Å². The zero-order valence-corrected chi connectivity index (χ0v) is 18.2. The second-order valence-corrected chi connectivity index (χ2v) is 8.87. The first-order valence-corrected chi connectivity index (χ1v) is 11.8. The zero-order chi connectivity index (χ0) is 20.5. The van der Waals surface area contributed by atoms with E-state index in [1.165, 1.54) is 38.5 Å². The van der Waals surface area contributed by atoms with Crippen LogP contribution >= 0.6 is 0 Å². The molecule has 0 radical (unpaired) electrons. The minimum atomic E-state index is 0.116. The molecule has 4 heteroatoms. The van der Waals surface area contributed by atoms with Crippen molar-refractivity contribution in [2.75, 3.05) is 19.6 Å². The molecule has 1 aliphatic heterocycles. The fourth-order valence-corrected chi connectivity index (χ4v) is 5.06. The maximum Gasteiger partial charge on any atom is 0.253 e. The van der Waals surface area contributed by atoms with Crippen molar-refractivity contribution in [3.63, 3.8) is 0 Å². The van der Waals surface area contributed by atoms with Gasteiger partial charge >= 0.3 is 0 Å². The molecule has 0 spiro atoms. The molecule has 4 nitrogen and oxygen atoms in total. The van der Waals surface area contributed by atoms with E-state index in [4.69, 9.17) is 0 Å². The topological polar surface area (TPSA) is 40.6 Å². The summed E-state index contributed by atoms with van der Waals surface area (Å²) >= 11 is 0. The van der Waals surface area contributed by atoms with Crippen LogP contribution in [0.4, 0.5) is 0 Å². The molecule has 3 rings (SSSR count). The first-order valence-electron chi connectivity index (χ1n) is 11.8. The molecule has 0 unspecified atom stereocenters. The Bertz CT molecular complexity index is 631. The molecular formula is C25H38N2O2. The van der Waals surface area contributed by atoms with E-state index in [0.29, 0.717) is 12.3 Å². The fraction of sp³-hybridized carbons (Fsp3) is 0.680. The van der Waals surface area contributed by atoms with Crippen molar-refractivity contribution in [3.05, 3.63) is 35.9 Å². The van der Waals surface area contributed by atoms with Crippen LogP contribution in [0.2, 0.25) is 0 Å².